The third kappa shape index (κ3) is 2.01. The number of hydrogen-bond donors (Lipinski definition) is 1. The standard InChI is InChI=1S/C12H15N3/c1-9-3-4-10(2)11(7-9)8-15-12(13)5-6-14-15/h3-7H,8,13H2,1-2H3. The highest BCUT2D eigenvalue weighted by Gasteiger charge is 2.02. The first-order valence-corrected chi connectivity index (χ1v) is 5.00. The molecule has 15 heavy (non-hydrogen) atoms. The van der Waals surface area contributed by atoms with Gasteiger partial charge in [0.2, 0.25) is 0 Å². The van der Waals surface area contributed by atoms with E-state index in [9.17, 15) is 0 Å². The van der Waals surface area contributed by atoms with E-state index in [0.29, 0.717) is 5.82 Å². The van der Waals surface area contributed by atoms with E-state index in [1.54, 1.807) is 6.20 Å². The lowest BCUT2D eigenvalue weighted by Gasteiger charge is -2.08. The molecule has 1 aromatic carbocycles. The second kappa shape index (κ2) is 3.77. The molecule has 0 aliphatic heterocycles. The van der Waals surface area contributed by atoms with Crippen molar-refractivity contribution in [3.63, 3.8) is 0 Å². The third-order valence-corrected chi connectivity index (χ3v) is 2.57. The number of nitrogens with two attached hydrogens (primary N) is 1. The SMILES string of the molecule is Cc1ccc(C)c(Cn2nccc2N)c1. The molecule has 1 heterocycles. The van der Waals surface area contributed by atoms with Crippen molar-refractivity contribution < 1.29 is 0 Å². The van der Waals surface area contributed by atoms with E-state index in [0.717, 1.165) is 6.54 Å². The molecular weight excluding hydrogens is 186 g/mol. The molecule has 0 aliphatic carbocycles. The molecule has 2 N–H and O–H groups in total. The van der Waals surface area contributed by atoms with E-state index >= 15 is 0 Å². The van der Waals surface area contributed by atoms with Gasteiger partial charge < -0.3 is 5.73 Å². The fraction of sp³-hybridized carbons (Fsp3) is 0.250. The lowest BCUT2D eigenvalue weighted by molar-refractivity contribution is 0.694. The lowest BCUT2D eigenvalue weighted by Crippen LogP contribution is -2.06. The van der Waals surface area contributed by atoms with Crippen LogP contribution in [0.3, 0.4) is 0 Å². The first-order chi connectivity index (χ1) is 7.16. The maximum atomic E-state index is 5.78. The molecule has 0 saturated carbocycles. The summed E-state index contributed by atoms with van der Waals surface area (Å²) in [5, 5.41) is 4.17. The maximum absolute atomic E-state index is 5.78. The van der Waals surface area contributed by atoms with Crippen LogP contribution in [-0.4, -0.2) is 9.78 Å². The second-order valence-corrected chi connectivity index (χ2v) is 3.84. The Bertz CT molecular complexity index is 471. The Hall–Kier alpha value is -1.77. The molecule has 2 rings (SSSR count). The fourth-order valence-corrected chi connectivity index (χ4v) is 1.61. The number of anilines is 1. The Morgan fingerprint density at radius 1 is 1.27 bits per heavy atom. The van der Waals surface area contributed by atoms with Crippen molar-refractivity contribution >= 4 is 5.82 Å². The summed E-state index contributed by atoms with van der Waals surface area (Å²) < 4.78 is 1.81. The monoisotopic (exact) mass is 201 g/mol. The van der Waals surface area contributed by atoms with Gasteiger partial charge in [0, 0.05) is 0 Å². The molecule has 0 bridgehead atoms. The van der Waals surface area contributed by atoms with E-state index in [1.807, 2.05) is 10.7 Å². The molecule has 3 heteroatoms. The zero-order chi connectivity index (χ0) is 10.8. The van der Waals surface area contributed by atoms with Crippen molar-refractivity contribution in [1.29, 1.82) is 0 Å². The van der Waals surface area contributed by atoms with Crippen LogP contribution in [0.15, 0.2) is 30.5 Å². The van der Waals surface area contributed by atoms with Gasteiger partial charge in [-0.1, -0.05) is 23.8 Å². The molecule has 1 aromatic heterocycles. The largest absolute Gasteiger partial charge is 0.384 e. The predicted octanol–water partition coefficient (Wildman–Crippen LogP) is 2.13. The quantitative estimate of drug-likeness (QED) is 0.808. The molecule has 78 valence electrons. The van der Waals surface area contributed by atoms with Gasteiger partial charge in [-0.25, -0.2) is 4.68 Å². The van der Waals surface area contributed by atoms with Crippen LogP contribution in [0.2, 0.25) is 0 Å². The molecule has 0 aliphatic rings. The van der Waals surface area contributed by atoms with Crippen LogP contribution in [0.4, 0.5) is 5.82 Å². The van der Waals surface area contributed by atoms with E-state index in [4.69, 9.17) is 5.73 Å². The summed E-state index contributed by atoms with van der Waals surface area (Å²) in [6.07, 6.45) is 1.72. The fourth-order valence-electron chi connectivity index (χ4n) is 1.61. The van der Waals surface area contributed by atoms with Crippen LogP contribution in [0, 0.1) is 13.8 Å². The van der Waals surface area contributed by atoms with Crippen LogP contribution in [0.25, 0.3) is 0 Å². The summed E-state index contributed by atoms with van der Waals surface area (Å²) in [5.74, 6) is 0.705. The van der Waals surface area contributed by atoms with Gasteiger partial charge in [0.1, 0.15) is 5.82 Å². The Labute approximate surface area is 89.5 Å². The number of aromatic nitrogens is 2. The number of hydrogen-bond acceptors (Lipinski definition) is 2. The van der Waals surface area contributed by atoms with Gasteiger partial charge in [-0.15, -0.1) is 0 Å². The van der Waals surface area contributed by atoms with Gasteiger partial charge in [-0.3, -0.25) is 0 Å². The number of aryl methyl sites for hydroxylation is 2. The molecule has 0 amide bonds. The van der Waals surface area contributed by atoms with Crippen molar-refractivity contribution in [2.24, 2.45) is 0 Å². The minimum Gasteiger partial charge on any atom is -0.384 e. The maximum Gasteiger partial charge on any atom is 0.122 e. The van der Waals surface area contributed by atoms with E-state index in [-0.39, 0.29) is 0 Å². The molecule has 0 saturated heterocycles. The summed E-state index contributed by atoms with van der Waals surface area (Å²) in [5.41, 5.74) is 9.58. The van der Waals surface area contributed by atoms with Crippen molar-refractivity contribution in [1.82, 2.24) is 9.78 Å². The molecule has 0 fully saturated rings. The molecule has 0 unspecified atom stereocenters. The molecule has 0 radical (unpaired) electrons. The summed E-state index contributed by atoms with van der Waals surface area (Å²) in [7, 11) is 0. The number of rotatable bonds is 2. The van der Waals surface area contributed by atoms with Gasteiger partial charge in [0.05, 0.1) is 12.7 Å². The minimum atomic E-state index is 0.705. The average molecular weight is 201 g/mol. The van der Waals surface area contributed by atoms with Gasteiger partial charge >= 0.3 is 0 Å². The van der Waals surface area contributed by atoms with Crippen LogP contribution in [0.1, 0.15) is 16.7 Å². The van der Waals surface area contributed by atoms with Crippen LogP contribution in [0.5, 0.6) is 0 Å². The summed E-state index contributed by atoms with van der Waals surface area (Å²) in [4.78, 5) is 0. The lowest BCUT2D eigenvalue weighted by atomic mass is 10.1. The average Bonchev–Trinajstić information content (AvgIpc) is 2.58. The van der Waals surface area contributed by atoms with Gasteiger partial charge in [-0.2, -0.15) is 5.10 Å². The van der Waals surface area contributed by atoms with E-state index in [1.165, 1.54) is 16.7 Å². The van der Waals surface area contributed by atoms with Gasteiger partial charge in [0.15, 0.2) is 0 Å². The number of nitrogen functional groups attached to an aromatic ring is 1. The zero-order valence-electron chi connectivity index (χ0n) is 9.07. The van der Waals surface area contributed by atoms with Gasteiger partial charge in [-0.05, 0) is 31.0 Å². The van der Waals surface area contributed by atoms with E-state index in [2.05, 4.69) is 37.1 Å². The summed E-state index contributed by atoms with van der Waals surface area (Å²) >= 11 is 0. The number of nitrogens with zero attached hydrogens (tertiary/aromatic N) is 2. The Morgan fingerprint density at radius 3 is 2.73 bits per heavy atom. The summed E-state index contributed by atoms with van der Waals surface area (Å²) in [6.45, 7) is 4.94. The van der Waals surface area contributed by atoms with Crippen molar-refractivity contribution in [2.45, 2.75) is 20.4 Å². The predicted molar refractivity (Wildman–Crippen MR) is 61.7 cm³/mol. The normalized spacial score (nSPS) is 10.5. The Kier molecular flexibility index (Phi) is 2.46. The highest BCUT2D eigenvalue weighted by atomic mass is 15.3. The molecule has 2 aromatic rings. The topological polar surface area (TPSA) is 43.8 Å². The van der Waals surface area contributed by atoms with Crippen LogP contribution >= 0.6 is 0 Å². The van der Waals surface area contributed by atoms with Gasteiger partial charge in [0.25, 0.3) is 0 Å². The first kappa shape index (κ1) is 9.77. The smallest absolute Gasteiger partial charge is 0.122 e. The zero-order valence-corrected chi connectivity index (χ0v) is 9.07. The highest BCUT2D eigenvalue weighted by Crippen LogP contribution is 2.13. The molecular formula is C12H15N3. The van der Waals surface area contributed by atoms with Crippen LogP contribution < -0.4 is 5.73 Å². The Balaban J connectivity index is 2.32. The number of benzene rings is 1. The van der Waals surface area contributed by atoms with Crippen molar-refractivity contribution in [2.75, 3.05) is 5.73 Å². The first-order valence-electron chi connectivity index (χ1n) is 5.00. The molecule has 0 atom stereocenters. The summed E-state index contributed by atoms with van der Waals surface area (Å²) in [6, 6.07) is 8.23. The highest BCUT2D eigenvalue weighted by molar-refractivity contribution is 5.33. The van der Waals surface area contributed by atoms with Crippen molar-refractivity contribution in [3.05, 3.63) is 47.2 Å². The van der Waals surface area contributed by atoms with Crippen molar-refractivity contribution in [3.8, 4) is 0 Å². The minimum absolute atomic E-state index is 0.705. The third-order valence-electron chi connectivity index (χ3n) is 2.57. The second-order valence-electron chi connectivity index (χ2n) is 3.84. The van der Waals surface area contributed by atoms with Crippen LogP contribution in [-0.2, 0) is 6.54 Å². The van der Waals surface area contributed by atoms with E-state index < -0.39 is 0 Å². The Morgan fingerprint density at radius 2 is 2.07 bits per heavy atom. The molecule has 3 nitrogen and oxygen atoms in total. The molecule has 0 spiro atoms.